The van der Waals surface area contributed by atoms with Gasteiger partial charge >= 0.3 is 0 Å². The SMILES string of the molecule is COc1cccc([C@H](C)[C@@H]2[C@@H]([C@@H](C)OC=O)C(=O)N2[C@@H](C)c2ccccc2)c1. The summed E-state index contributed by atoms with van der Waals surface area (Å²) in [5.41, 5.74) is 2.17. The highest BCUT2D eigenvalue weighted by atomic mass is 16.5. The molecule has 5 nitrogen and oxygen atoms in total. The lowest BCUT2D eigenvalue weighted by Gasteiger charge is -2.54. The average Bonchev–Trinajstić information content (AvgIpc) is 2.72. The number of β-lactam (4-membered cyclic amide) rings is 1. The van der Waals surface area contributed by atoms with E-state index in [1.807, 2.05) is 66.4 Å². The molecular formula is C23H27NO4. The molecule has 0 radical (unpaired) electrons. The molecule has 1 fully saturated rings. The molecule has 2 aromatic rings. The third-order valence-electron chi connectivity index (χ3n) is 5.84. The van der Waals surface area contributed by atoms with Crippen LogP contribution in [0.15, 0.2) is 54.6 Å². The Labute approximate surface area is 166 Å². The Morgan fingerprint density at radius 3 is 2.32 bits per heavy atom. The summed E-state index contributed by atoms with van der Waals surface area (Å²) in [5, 5.41) is 0. The standard InChI is InChI=1S/C23H27NO4/c1-15(19-11-8-12-20(13-19)27-4)22-21(17(3)28-14-25)23(26)24(22)16(2)18-9-6-5-7-10-18/h5-17,21-22H,1-4H3/t15-,16-,17+,21+,22+/m0/s1. The lowest BCUT2D eigenvalue weighted by atomic mass is 9.73. The number of carbonyl (C=O) groups excluding carboxylic acids is 2. The van der Waals surface area contributed by atoms with Crippen molar-refractivity contribution >= 4 is 12.4 Å². The number of hydrogen-bond donors (Lipinski definition) is 0. The third-order valence-corrected chi connectivity index (χ3v) is 5.84. The van der Waals surface area contributed by atoms with Crippen LogP contribution in [0.3, 0.4) is 0 Å². The highest BCUT2D eigenvalue weighted by molar-refractivity contribution is 5.87. The van der Waals surface area contributed by atoms with Crippen LogP contribution in [0, 0.1) is 5.92 Å². The second-order valence-electron chi connectivity index (χ2n) is 7.35. The van der Waals surface area contributed by atoms with Gasteiger partial charge in [-0.05, 0) is 37.1 Å². The molecule has 0 unspecified atom stereocenters. The van der Waals surface area contributed by atoms with Crippen molar-refractivity contribution in [3.63, 3.8) is 0 Å². The van der Waals surface area contributed by atoms with Gasteiger partial charge in [-0.3, -0.25) is 9.59 Å². The normalized spacial score (nSPS) is 22.0. The number of amides is 1. The van der Waals surface area contributed by atoms with Gasteiger partial charge in [0.15, 0.2) is 0 Å². The van der Waals surface area contributed by atoms with E-state index in [-0.39, 0.29) is 29.8 Å². The van der Waals surface area contributed by atoms with Gasteiger partial charge in [0.2, 0.25) is 5.91 Å². The van der Waals surface area contributed by atoms with E-state index in [0.717, 1.165) is 16.9 Å². The molecule has 0 N–H and O–H groups in total. The quantitative estimate of drug-likeness (QED) is 0.513. The fourth-order valence-corrected chi connectivity index (χ4v) is 4.22. The summed E-state index contributed by atoms with van der Waals surface area (Å²) in [4.78, 5) is 25.9. The molecule has 0 bridgehead atoms. The second kappa shape index (κ2) is 8.46. The van der Waals surface area contributed by atoms with Crippen LogP contribution < -0.4 is 4.74 Å². The van der Waals surface area contributed by atoms with Crippen LogP contribution in [0.1, 0.15) is 43.9 Å². The third kappa shape index (κ3) is 3.61. The molecule has 1 aliphatic heterocycles. The zero-order chi connectivity index (χ0) is 20.3. The van der Waals surface area contributed by atoms with Gasteiger partial charge in [0.25, 0.3) is 6.47 Å². The molecule has 1 amide bonds. The Morgan fingerprint density at radius 2 is 1.68 bits per heavy atom. The van der Waals surface area contributed by atoms with Gasteiger partial charge in [-0.15, -0.1) is 0 Å². The number of hydrogen-bond acceptors (Lipinski definition) is 4. The molecule has 0 aromatic heterocycles. The van der Waals surface area contributed by atoms with Crippen LogP contribution in [0.25, 0.3) is 0 Å². The molecule has 28 heavy (non-hydrogen) atoms. The first kappa shape index (κ1) is 19.9. The van der Waals surface area contributed by atoms with Gasteiger partial charge in [-0.25, -0.2) is 0 Å². The molecule has 5 heteroatoms. The molecule has 0 aliphatic carbocycles. The largest absolute Gasteiger partial charge is 0.497 e. The fraction of sp³-hybridized carbons (Fsp3) is 0.391. The van der Waals surface area contributed by atoms with Crippen molar-refractivity contribution in [1.82, 2.24) is 4.90 Å². The van der Waals surface area contributed by atoms with E-state index < -0.39 is 6.10 Å². The van der Waals surface area contributed by atoms with Crippen molar-refractivity contribution in [1.29, 1.82) is 0 Å². The van der Waals surface area contributed by atoms with Crippen LogP contribution in [0.5, 0.6) is 5.75 Å². The van der Waals surface area contributed by atoms with Crippen molar-refractivity contribution in [2.24, 2.45) is 5.92 Å². The fourth-order valence-electron chi connectivity index (χ4n) is 4.22. The van der Waals surface area contributed by atoms with Gasteiger partial charge in [-0.1, -0.05) is 49.4 Å². The van der Waals surface area contributed by atoms with Crippen LogP contribution in [0.4, 0.5) is 0 Å². The lowest BCUT2D eigenvalue weighted by molar-refractivity contribution is -0.174. The minimum absolute atomic E-state index is 0.0189. The van der Waals surface area contributed by atoms with E-state index in [1.165, 1.54) is 0 Å². The predicted molar refractivity (Wildman–Crippen MR) is 107 cm³/mol. The summed E-state index contributed by atoms with van der Waals surface area (Å²) >= 11 is 0. The van der Waals surface area contributed by atoms with Crippen LogP contribution in [-0.2, 0) is 14.3 Å². The maximum atomic E-state index is 13.1. The first-order valence-corrected chi connectivity index (χ1v) is 9.59. The molecule has 1 saturated heterocycles. The van der Waals surface area contributed by atoms with E-state index in [0.29, 0.717) is 6.47 Å². The van der Waals surface area contributed by atoms with Crippen molar-refractivity contribution in [3.05, 3.63) is 65.7 Å². The van der Waals surface area contributed by atoms with Gasteiger partial charge in [-0.2, -0.15) is 0 Å². The summed E-state index contributed by atoms with van der Waals surface area (Å²) in [6.45, 7) is 6.36. The zero-order valence-corrected chi connectivity index (χ0v) is 16.7. The van der Waals surface area contributed by atoms with Crippen LogP contribution >= 0.6 is 0 Å². The monoisotopic (exact) mass is 381 g/mol. The average molecular weight is 381 g/mol. The first-order valence-electron chi connectivity index (χ1n) is 9.59. The number of nitrogens with zero attached hydrogens (tertiary/aromatic N) is 1. The lowest BCUT2D eigenvalue weighted by Crippen LogP contribution is -2.66. The number of benzene rings is 2. The second-order valence-corrected chi connectivity index (χ2v) is 7.35. The highest BCUT2D eigenvalue weighted by Crippen LogP contribution is 2.44. The molecule has 1 aliphatic rings. The van der Waals surface area contributed by atoms with E-state index >= 15 is 0 Å². The summed E-state index contributed by atoms with van der Waals surface area (Å²) in [5.74, 6) is 0.496. The number of ether oxygens (including phenoxy) is 2. The molecule has 2 aromatic carbocycles. The Kier molecular flexibility index (Phi) is 6.02. The molecule has 148 valence electrons. The summed E-state index contributed by atoms with van der Waals surface area (Å²) in [6, 6.07) is 17.7. The smallest absolute Gasteiger partial charge is 0.293 e. The summed E-state index contributed by atoms with van der Waals surface area (Å²) < 4.78 is 10.5. The Balaban J connectivity index is 1.94. The van der Waals surface area contributed by atoms with E-state index in [4.69, 9.17) is 9.47 Å². The van der Waals surface area contributed by atoms with Gasteiger partial charge in [0, 0.05) is 5.92 Å². The number of carbonyl (C=O) groups is 2. The Bertz CT molecular complexity index is 822. The Hall–Kier alpha value is -2.82. The van der Waals surface area contributed by atoms with Crippen LogP contribution in [-0.4, -0.2) is 36.5 Å². The number of rotatable bonds is 8. The van der Waals surface area contributed by atoms with Crippen molar-refractivity contribution < 1.29 is 19.1 Å². The summed E-state index contributed by atoms with van der Waals surface area (Å²) in [7, 11) is 1.64. The highest BCUT2D eigenvalue weighted by Gasteiger charge is 2.54. The Morgan fingerprint density at radius 1 is 1.00 bits per heavy atom. The van der Waals surface area contributed by atoms with Crippen molar-refractivity contribution in [2.45, 2.75) is 44.9 Å². The molecule has 0 spiro atoms. The maximum Gasteiger partial charge on any atom is 0.293 e. The van der Waals surface area contributed by atoms with Gasteiger partial charge in [0.05, 0.1) is 25.1 Å². The zero-order valence-electron chi connectivity index (χ0n) is 16.7. The van der Waals surface area contributed by atoms with E-state index in [2.05, 4.69) is 6.92 Å². The molecule has 5 atom stereocenters. The predicted octanol–water partition coefficient (Wildman–Crippen LogP) is 3.95. The van der Waals surface area contributed by atoms with Crippen molar-refractivity contribution in [2.75, 3.05) is 7.11 Å². The molecule has 0 saturated carbocycles. The molecular weight excluding hydrogens is 354 g/mol. The minimum Gasteiger partial charge on any atom is -0.497 e. The van der Waals surface area contributed by atoms with Crippen LogP contribution in [0.2, 0.25) is 0 Å². The minimum atomic E-state index is -0.470. The number of methoxy groups -OCH3 is 1. The van der Waals surface area contributed by atoms with E-state index in [1.54, 1.807) is 14.0 Å². The van der Waals surface area contributed by atoms with Gasteiger partial charge in [0.1, 0.15) is 11.9 Å². The first-order chi connectivity index (χ1) is 13.5. The maximum absolute atomic E-state index is 13.1. The number of likely N-dealkylation sites (tertiary alicyclic amines) is 1. The molecule has 1 heterocycles. The molecule has 3 rings (SSSR count). The van der Waals surface area contributed by atoms with Gasteiger partial charge < -0.3 is 14.4 Å². The van der Waals surface area contributed by atoms with E-state index in [9.17, 15) is 9.59 Å². The topological polar surface area (TPSA) is 55.8 Å². The summed E-state index contributed by atoms with van der Waals surface area (Å²) in [6.07, 6.45) is -0.470. The van der Waals surface area contributed by atoms with Crippen molar-refractivity contribution in [3.8, 4) is 5.75 Å².